The van der Waals surface area contributed by atoms with Gasteiger partial charge in [0.05, 0.1) is 11.3 Å². The number of anilines is 2. The molecule has 0 saturated heterocycles. The lowest BCUT2D eigenvalue weighted by atomic mass is 10.0. The zero-order chi connectivity index (χ0) is 16.7. The SMILES string of the molecule is Cc1ccc(C2Nc3c(C)cccc3C(=O)N2c2ccccc2)s1. The average molecular weight is 334 g/mol. The number of carbonyl (C=O) groups excluding carboxylic acids is 1. The highest BCUT2D eigenvalue weighted by Crippen LogP contribution is 2.39. The van der Waals surface area contributed by atoms with Gasteiger partial charge in [0.1, 0.15) is 6.17 Å². The van der Waals surface area contributed by atoms with Crippen molar-refractivity contribution in [2.75, 3.05) is 10.2 Å². The molecule has 120 valence electrons. The van der Waals surface area contributed by atoms with Crippen LogP contribution in [-0.2, 0) is 0 Å². The van der Waals surface area contributed by atoms with Crippen molar-refractivity contribution in [2.24, 2.45) is 0 Å². The van der Waals surface area contributed by atoms with Crippen LogP contribution in [0, 0.1) is 13.8 Å². The minimum Gasteiger partial charge on any atom is -0.360 e. The van der Waals surface area contributed by atoms with Gasteiger partial charge in [-0.1, -0.05) is 30.3 Å². The Morgan fingerprint density at radius 3 is 2.46 bits per heavy atom. The molecule has 0 fully saturated rings. The number of para-hydroxylation sites is 2. The van der Waals surface area contributed by atoms with E-state index < -0.39 is 0 Å². The minimum absolute atomic E-state index is 0.0368. The molecular weight excluding hydrogens is 316 g/mol. The Hall–Kier alpha value is -2.59. The van der Waals surface area contributed by atoms with E-state index >= 15 is 0 Å². The number of nitrogens with one attached hydrogen (secondary N) is 1. The van der Waals surface area contributed by atoms with Crippen LogP contribution in [0.25, 0.3) is 0 Å². The summed E-state index contributed by atoms with van der Waals surface area (Å²) >= 11 is 1.72. The largest absolute Gasteiger partial charge is 0.360 e. The molecule has 1 amide bonds. The maximum atomic E-state index is 13.3. The molecule has 1 N–H and O–H groups in total. The van der Waals surface area contributed by atoms with Gasteiger partial charge in [-0.2, -0.15) is 0 Å². The monoisotopic (exact) mass is 334 g/mol. The fraction of sp³-hybridized carbons (Fsp3) is 0.150. The van der Waals surface area contributed by atoms with Gasteiger partial charge in [-0.15, -0.1) is 11.3 Å². The molecule has 1 atom stereocenters. The lowest BCUT2D eigenvalue weighted by Crippen LogP contribution is -2.43. The molecule has 3 aromatic rings. The van der Waals surface area contributed by atoms with E-state index in [0.29, 0.717) is 0 Å². The quantitative estimate of drug-likeness (QED) is 0.704. The molecule has 0 bridgehead atoms. The zero-order valence-corrected chi connectivity index (χ0v) is 14.4. The Morgan fingerprint density at radius 1 is 0.958 bits per heavy atom. The number of fused-ring (bicyclic) bond motifs is 1. The van der Waals surface area contributed by atoms with Gasteiger partial charge >= 0.3 is 0 Å². The van der Waals surface area contributed by atoms with Crippen LogP contribution in [-0.4, -0.2) is 5.91 Å². The third-order valence-electron chi connectivity index (χ3n) is 4.33. The van der Waals surface area contributed by atoms with Gasteiger partial charge < -0.3 is 5.32 Å². The van der Waals surface area contributed by atoms with Gasteiger partial charge in [0.2, 0.25) is 0 Å². The van der Waals surface area contributed by atoms with E-state index in [4.69, 9.17) is 0 Å². The fourth-order valence-corrected chi connectivity index (χ4v) is 4.06. The Labute approximate surface area is 145 Å². The predicted octanol–water partition coefficient (Wildman–Crippen LogP) is 5.14. The summed E-state index contributed by atoms with van der Waals surface area (Å²) in [5.41, 5.74) is 3.65. The summed E-state index contributed by atoms with van der Waals surface area (Å²) in [4.78, 5) is 17.5. The molecule has 1 unspecified atom stereocenters. The fourth-order valence-electron chi connectivity index (χ4n) is 3.14. The average Bonchev–Trinajstić information content (AvgIpc) is 3.03. The Morgan fingerprint density at radius 2 is 1.75 bits per heavy atom. The molecule has 0 aliphatic carbocycles. The summed E-state index contributed by atoms with van der Waals surface area (Å²) in [6.07, 6.45) is -0.188. The number of nitrogens with zero attached hydrogens (tertiary/aromatic N) is 1. The first kappa shape index (κ1) is 15.0. The Balaban J connectivity index is 1.89. The number of hydrogen-bond acceptors (Lipinski definition) is 3. The number of rotatable bonds is 2. The van der Waals surface area contributed by atoms with Gasteiger partial charge in [-0.3, -0.25) is 9.69 Å². The van der Waals surface area contributed by atoms with E-state index in [2.05, 4.69) is 24.4 Å². The van der Waals surface area contributed by atoms with Crippen molar-refractivity contribution in [3.05, 3.63) is 81.5 Å². The van der Waals surface area contributed by atoms with Crippen LogP contribution in [0.2, 0.25) is 0 Å². The van der Waals surface area contributed by atoms with Crippen LogP contribution < -0.4 is 10.2 Å². The Kier molecular flexibility index (Phi) is 3.62. The van der Waals surface area contributed by atoms with Crippen molar-refractivity contribution in [1.82, 2.24) is 0 Å². The van der Waals surface area contributed by atoms with E-state index in [-0.39, 0.29) is 12.1 Å². The highest BCUT2D eigenvalue weighted by atomic mass is 32.1. The summed E-state index contributed by atoms with van der Waals surface area (Å²) in [5.74, 6) is 0.0368. The summed E-state index contributed by atoms with van der Waals surface area (Å²) in [6, 6.07) is 19.9. The number of hydrogen-bond donors (Lipinski definition) is 1. The van der Waals surface area contributed by atoms with Crippen molar-refractivity contribution >= 4 is 28.6 Å². The molecule has 2 heterocycles. The maximum Gasteiger partial charge on any atom is 0.262 e. The molecule has 2 aromatic carbocycles. The van der Waals surface area contributed by atoms with E-state index in [0.717, 1.165) is 27.4 Å². The van der Waals surface area contributed by atoms with E-state index in [1.54, 1.807) is 11.3 Å². The molecule has 0 spiro atoms. The predicted molar refractivity (Wildman–Crippen MR) is 99.9 cm³/mol. The lowest BCUT2D eigenvalue weighted by molar-refractivity contribution is 0.0975. The lowest BCUT2D eigenvalue weighted by Gasteiger charge is -2.38. The number of thiophene rings is 1. The normalized spacial score (nSPS) is 16.7. The number of aryl methyl sites for hydroxylation is 2. The van der Waals surface area contributed by atoms with Gasteiger partial charge in [-0.05, 0) is 49.7 Å². The first-order valence-electron chi connectivity index (χ1n) is 7.96. The molecule has 0 radical (unpaired) electrons. The highest BCUT2D eigenvalue weighted by molar-refractivity contribution is 7.12. The molecule has 1 aliphatic heterocycles. The highest BCUT2D eigenvalue weighted by Gasteiger charge is 2.35. The molecular formula is C20H18N2OS. The second-order valence-electron chi connectivity index (χ2n) is 6.00. The second-order valence-corrected chi connectivity index (χ2v) is 7.32. The third-order valence-corrected chi connectivity index (χ3v) is 5.38. The van der Waals surface area contributed by atoms with Crippen molar-refractivity contribution in [3.8, 4) is 0 Å². The van der Waals surface area contributed by atoms with Gasteiger partial charge in [0.25, 0.3) is 5.91 Å². The van der Waals surface area contributed by atoms with Crippen molar-refractivity contribution in [1.29, 1.82) is 0 Å². The molecule has 3 nitrogen and oxygen atoms in total. The molecule has 24 heavy (non-hydrogen) atoms. The molecule has 0 saturated carbocycles. The number of benzene rings is 2. The first-order valence-corrected chi connectivity index (χ1v) is 8.78. The van der Waals surface area contributed by atoms with E-state index in [9.17, 15) is 4.79 Å². The topological polar surface area (TPSA) is 32.3 Å². The van der Waals surface area contributed by atoms with Gasteiger partial charge in [0, 0.05) is 15.4 Å². The van der Waals surface area contributed by atoms with Crippen molar-refractivity contribution in [3.63, 3.8) is 0 Å². The number of carbonyl (C=O) groups is 1. The standard InChI is InChI=1S/C20H18N2OS/c1-13-7-6-10-16-18(13)21-19(17-12-11-14(2)24-17)22(20(16)23)15-8-4-3-5-9-15/h3-12,19,21H,1-2H3. The molecule has 1 aliphatic rings. The molecule has 4 rings (SSSR count). The van der Waals surface area contributed by atoms with Crippen molar-refractivity contribution in [2.45, 2.75) is 20.0 Å². The second kappa shape index (κ2) is 5.80. The van der Waals surface area contributed by atoms with E-state index in [1.165, 1.54) is 4.88 Å². The van der Waals surface area contributed by atoms with Crippen LogP contribution in [0.4, 0.5) is 11.4 Å². The van der Waals surface area contributed by atoms with E-state index in [1.807, 2.05) is 60.4 Å². The third kappa shape index (κ3) is 2.39. The van der Waals surface area contributed by atoms with Crippen LogP contribution in [0.3, 0.4) is 0 Å². The Bertz CT molecular complexity index is 901. The van der Waals surface area contributed by atoms with Crippen LogP contribution in [0.15, 0.2) is 60.7 Å². The molecule has 1 aromatic heterocycles. The smallest absolute Gasteiger partial charge is 0.262 e. The maximum absolute atomic E-state index is 13.3. The summed E-state index contributed by atoms with van der Waals surface area (Å²) in [7, 11) is 0. The first-order chi connectivity index (χ1) is 11.6. The summed E-state index contributed by atoms with van der Waals surface area (Å²) < 4.78 is 0. The van der Waals surface area contributed by atoms with Crippen LogP contribution in [0.5, 0.6) is 0 Å². The number of amides is 1. The van der Waals surface area contributed by atoms with Gasteiger partial charge in [-0.25, -0.2) is 0 Å². The van der Waals surface area contributed by atoms with Crippen molar-refractivity contribution < 1.29 is 4.79 Å². The molecule has 4 heteroatoms. The summed E-state index contributed by atoms with van der Waals surface area (Å²) in [6.45, 7) is 4.12. The van der Waals surface area contributed by atoms with Gasteiger partial charge in [0.15, 0.2) is 0 Å². The minimum atomic E-state index is -0.188. The van der Waals surface area contributed by atoms with Crippen LogP contribution >= 0.6 is 11.3 Å². The summed E-state index contributed by atoms with van der Waals surface area (Å²) in [5, 5.41) is 3.59. The van der Waals surface area contributed by atoms with Crippen LogP contribution in [0.1, 0.15) is 31.8 Å². The zero-order valence-electron chi connectivity index (χ0n) is 13.6.